The van der Waals surface area contributed by atoms with Crippen molar-refractivity contribution in [3.05, 3.63) is 119 Å². The fourth-order valence-corrected chi connectivity index (χ4v) is 8.65. The number of hydrogen-bond acceptors (Lipinski definition) is 8. The van der Waals surface area contributed by atoms with E-state index in [0.29, 0.717) is 71.7 Å². The van der Waals surface area contributed by atoms with Crippen LogP contribution in [0.4, 0.5) is 0 Å². The van der Waals surface area contributed by atoms with Crippen molar-refractivity contribution in [1.82, 2.24) is 0 Å². The van der Waals surface area contributed by atoms with Gasteiger partial charge in [-0.2, -0.15) is 0 Å². The molecule has 8 nitrogen and oxygen atoms in total. The van der Waals surface area contributed by atoms with Crippen LogP contribution in [0.2, 0.25) is 0 Å². The van der Waals surface area contributed by atoms with E-state index < -0.39 is 0 Å². The van der Waals surface area contributed by atoms with Crippen LogP contribution in [0, 0.1) is 49.4 Å². The Labute approximate surface area is 443 Å². The molecule has 4 aromatic carbocycles. The van der Waals surface area contributed by atoms with E-state index in [1.807, 2.05) is 24.3 Å². The standard InChI is InChI=1S/C52H52O8.4Ag/c1-13-21-57-49-29-45(53-9)37-25-41(49)33(17-5)38-26-42(50(58-22-14-2)30-46(38)54-10)35(19-7)40-28-44(52(60-24-16-4)32-48(40)56-12)36(20-8)39-27-43(34(37)18-6)51(59-23-15-3)31-47(39)55-11;;;;/h25-36H,17-24H2,5-12H3;;;;/q-4;4*+1. The van der Waals surface area contributed by atoms with E-state index in [0.717, 1.165) is 44.5 Å². The molecule has 4 unspecified atom stereocenters. The van der Waals surface area contributed by atoms with Gasteiger partial charge in [-0.25, -0.2) is 0 Å². The molecule has 0 N–H and O–H groups in total. The Balaban J connectivity index is 0.00000512. The van der Waals surface area contributed by atoms with Gasteiger partial charge in [-0.1, -0.05) is 27.7 Å². The molecule has 0 radical (unpaired) electrons. The van der Waals surface area contributed by atoms with Gasteiger partial charge in [0, 0.05) is 92.4 Å². The van der Waals surface area contributed by atoms with Crippen molar-refractivity contribution in [2.45, 2.75) is 77.0 Å². The van der Waals surface area contributed by atoms with Gasteiger partial charge in [-0.3, -0.25) is 0 Å². The molecule has 0 saturated carbocycles. The smallest absolute Gasteiger partial charge is 0.690 e. The maximum absolute atomic E-state index is 7.73. The van der Waals surface area contributed by atoms with Crippen molar-refractivity contribution in [2.24, 2.45) is 0 Å². The zero-order chi connectivity index (χ0) is 43.3. The molecular weight excluding hydrogens is 1180 g/mol. The third kappa shape index (κ3) is 12.5. The second kappa shape index (κ2) is 28.5. The average molecular weight is 1240 g/mol. The molecule has 1 aliphatic carbocycles. The van der Waals surface area contributed by atoms with Gasteiger partial charge in [0.05, 0.1) is 28.4 Å². The molecule has 0 spiro atoms. The SMILES string of the molecule is [Ag+].[Ag+].[Ag+].[Ag+].[C-]#CCOc1cc(OC)c2cc1C(CC)c1cc(c(OCC#[C-])cc1OC)C(CC)c1cc(c(OCC#[C-])cc1OC)C(CC)c1cc(c(OCC#[C-])cc1OC)C2CC. The first-order valence-corrected chi connectivity index (χ1v) is 20.2. The van der Waals surface area contributed by atoms with Crippen LogP contribution in [0.25, 0.3) is 0 Å². The zero-order valence-electron chi connectivity index (χ0n) is 37.1. The molecule has 1 aliphatic rings. The van der Waals surface area contributed by atoms with Crippen LogP contribution in [0.15, 0.2) is 48.5 Å². The summed E-state index contributed by atoms with van der Waals surface area (Å²) in [7, 11) is 6.53. The van der Waals surface area contributed by atoms with E-state index in [1.54, 1.807) is 28.4 Å². The van der Waals surface area contributed by atoms with Gasteiger partial charge in [0.15, 0.2) is 0 Å². The van der Waals surface area contributed by atoms with Crippen molar-refractivity contribution in [1.29, 1.82) is 0 Å². The van der Waals surface area contributed by atoms with Gasteiger partial charge < -0.3 is 87.3 Å². The summed E-state index contributed by atoms with van der Waals surface area (Å²) in [6.45, 7) is 8.21. The summed E-state index contributed by atoms with van der Waals surface area (Å²) in [6.07, 6.45) is 33.5. The summed E-state index contributed by atoms with van der Waals surface area (Å²) in [5, 5.41) is 0. The molecule has 0 fully saturated rings. The Morgan fingerprint density at radius 3 is 0.641 bits per heavy atom. The summed E-state index contributed by atoms with van der Waals surface area (Å²) in [5.74, 6) is 13.0. The molecule has 0 amide bonds. The largest absolute Gasteiger partial charge is 1.00 e. The molecule has 5 rings (SSSR count). The predicted molar refractivity (Wildman–Crippen MR) is 231 cm³/mol. The molecule has 0 aliphatic heterocycles. The Hall–Kier alpha value is -3.52. The van der Waals surface area contributed by atoms with Crippen LogP contribution in [-0.4, -0.2) is 54.9 Å². The summed E-state index contributed by atoms with van der Waals surface area (Å²) >= 11 is 0. The minimum Gasteiger partial charge on any atom is -0.690 e. The summed E-state index contributed by atoms with van der Waals surface area (Å²) in [6, 6.07) is 16.1. The van der Waals surface area contributed by atoms with Crippen molar-refractivity contribution in [3.63, 3.8) is 0 Å². The zero-order valence-corrected chi connectivity index (χ0v) is 43.0. The monoisotopic (exact) mass is 1230 g/mol. The topological polar surface area (TPSA) is 73.8 Å². The van der Waals surface area contributed by atoms with Gasteiger partial charge in [-0.15, -0.1) is 0 Å². The molecule has 4 atom stereocenters. The number of methoxy groups -OCH3 is 4. The molecule has 352 valence electrons. The Morgan fingerprint density at radius 2 is 0.500 bits per heavy atom. The molecule has 12 heteroatoms. The fourth-order valence-electron chi connectivity index (χ4n) is 8.65. The van der Waals surface area contributed by atoms with Crippen LogP contribution in [0.3, 0.4) is 0 Å². The Bertz CT molecular complexity index is 2010. The maximum Gasteiger partial charge on any atom is 1.00 e. The van der Waals surface area contributed by atoms with Gasteiger partial charge in [0.2, 0.25) is 0 Å². The molecule has 8 bridgehead atoms. The number of hydrogen-bond donors (Lipinski definition) is 0. The van der Waals surface area contributed by atoms with E-state index in [2.05, 4.69) is 75.6 Å². The van der Waals surface area contributed by atoms with Crippen LogP contribution < -0.4 is 37.9 Å². The van der Waals surface area contributed by atoms with E-state index in [1.165, 1.54) is 0 Å². The first-order valence-electron chi connectivity index (χ1n) is 20.2. The second-order valence-corrected chi connectivity index (χ2v) is 14.2. The minimum atomic E-state index is -0.278. The molecular formula is C52H52Ag4O8. The van der Waals surface area contributed by atoms with E-state index in [9.17, 15) is 0 Å². The van der Waals surface area contributed by atoms with Crippen molar-refractivity contribution in [2.75, 3.05) is 54.9 Å². The maximum atomic E-state index is 7.73. The summed E-state index contributed by atoms with van der Waals surface area (Å²) in [4.78, 5) is 0. The normalized spacial score (nSPS) is 15.4. The van der Waals surface area contributed by atoms with Gasteiger partial charge in [0.1, 0.15) is 72.4 Å². The molecule has 64 heavy (non-hydrogen) atoms. The van der Waals surface area contributed by atoms with Gasteiger partial charge in [-0.05, 0) is 49.9 Å². The molecule has 4 aromatic rings. The predicted octanol–water partition coefficient (Wildman–Crippen LogP) is 10.1. The average Bonchev–Trinajstić information content (AvgIpc) is 3.27. The number of fused-ring (bicyclic) bond motifs is 8. The van der Waals surface area contributed by atoms with Crippen molar-refractivity contribution >= 4 is 0 Å². The number of benzene rings is 4. The minimum absolute atomic E-state index is 0. The van der Waals surface area contributed by atoms with Crippen LogP contribution in [0.5, 0.6) is 46.0 Å². The second-order valence-electron chi connectivity index (χ2n) is 14.2. The Morgan fingerprint density at radius 1 is 0.328 bits per heavy atom. The quantitative estimate of drug-likeness (QED) is 0.0624. The summed E-state index contributed by atoms with van der Waals surface area (Å²) in [5.41, 5.74) is 7.04. The molecule has 0 aromatic heterocycles. The van der Waals surface area contributed by atoms with Crippen LogP contribution in [-0.2, 0) is 89.5 Å². The van der Waals surface area contributed by atoms with E-state index in [-0.39, 0.29) is 140 Å². The molecule has 0 saturated heterocycles. The van der Waals surface area contributed by atoms with Crippen LogP contribution in [0.1, 0.15) is 122 Å². The number of rotatable bonds is 16. The molecule has 0 heterocycles. The Kier molecular flexibility index (Phi) is 26.1. The first-order chi connectivity index (χ1) is 29.2. The third-order valence-corrected chi connectivity index (χ3v) is 11.3. The first kappa shape index (κ1) is 58.5. The van der Waals surface area contributed by atoms with Gasteiger partial charge in [0.25, 0.3) is 0 Å². The number of ether oxygens (including phenoxy) is 8. The van der Waals surface area contributed by atoms with Crippen molar-refractivity contribution < 1.29 is 127 Å². The fraction of sp³-hybridized carbons (Fsp3) is 0.385. The van der Waals surface area contributed by atoms with E-state index in [4.69, 9.17) is 63.6 Å². The van der Waals surface area contributed by atoms with E-state index >= 15 is 0 Å². The summed E-state index contributed by atoms with van der Waals surface area (Å²) < 4.78 is 49.6. The van der Waals surface area contributed by atoms with Crippen molar-refractivity contribution in [3.8, 4) is 69.7 Å². The van der Waals surface area contributed by atoms with Crippen LogP contribution >= 0.6 is 0 Å². The third-order valence-electron chi connectivity index (χ3n) is 11.3. The van der Waals surface area contributed by atoms with Gasteiger partial charge >= 0.3 is 89.5 Å².